The second-order valence-corrected chi connectivity index (χ2v) is 7.13. The molecule has 0 fully saturated rings. The zero-order valence-corrected chi connectivity index (χ0v) is 17.0. The van der Waals surface area contributed by atoms with Crippen LogP contribution in [0.5, 0.6) is 0 Å². The maximum atomic E-state index is 13.0. The largest absolute Gasteiger partial charge is 0.318 e. The first-order valence-electron chi connectivity index (χ1n) is 9.79. The van der Waals surface area contributed by atoms with E-state index in [-0.39, 0.29) is 5.82 Å². The maximum Gasteiger partial charge on any atom is 0.295 e. The monoisotopic (exact) mass is 409 g/mol. The molecule has 3 aromatic heterocycles. The molecule has 2 aromatic carbocycles. The standard InChI is InChI=1S/C23H19N7O/c1-15-19-13-17(14-24-22(19)29(2)27-15)25-23(31)20-26-21(16-9-5-3-6-10-16)30(28-20)18-11-7-4-8-12-18/h3-14H,1-2H3,(H,25,31). The van der Waals surface area contributed by atoms with Crippen LogP contribution in [0.1, 0.15) is 16.3 Å². The molecular formula is C23H19N7O. The third kappa shape index (κ3) is 3.44. The molecule has 0 atom stereocenters. The van der Waals surface area contributed by atoms with Gasteiger partial charge in [0.25, 0.3) is 5.91 Å². The summed E-state index contributed by atoms with van der Waals surface area (Å²) in [4.78, 5) is 21.9. The van der Waals surface area contributed by atoms with E-state index in [4.69, 9.17) is 0 Å². The lowest BCUT2D eigenvalue weighted by molar-refractivity contribution is 0.101. The Morgan fingerprint density at radius 2 is 1.68 bits per heavy atom. The highest BCUT2D eigenvalue weighted by Gasteiger charge is 2.19. The summed E-state index contributed by atoms with van der Waals surface area (Å²) in [5.41, 5.74) is 3.85. The number of hydrogen-bond acceptors (Lipinski definition) is 5. The summed E-state index contributed by atoms with van der Waals surface area (Å²) in [5, 5.41) is 12.6. The first-order valence-corrected chi connectivity index (χ1v) is 9.79. The number of anilines is 1. The number of aromatic nitrogens is 6. The lowest BCUT2D eigenvalue weighted by Gasteiger charge is -2.05. The Kier molecular flexibility index (Phi) is 4.51. The molecule has 0 saturated heterocycles. The van der Waals surface area contributed by atoms with Gasteiger partial charge in [-0.05, 0) is 25.1 Å². The van der Waals surface area contributed by atoms with Gasteiger partial charge in [-0.15, -0.1) is 5.10 Å². The van der Waals surface area contributed by atoms with Crippen molar-refractivity contribution in [3.8, 4) is 17.1 Å². The molecule has 8 heteroatoms. The van der Waals surface area contributed by atoms with Gasteiger partial charge in [0.05, 0.1) is 23.3 Å². The average molecular weight is 409 g/mol. The molecule has 0 spiro atoms. The molecule has 0 saturated carbocycles. The van der Waals surface area contributed by atoms with Gasteiger partial charge in [-0.3, -0.25) is 9.48 Å². The van der Waals surface area contributed by atoms with Crippen LogP contribution in [0.25, 0.3) is 28.1 Å². The minimum atomic E-state index is -0.408. The predicted molar refractivity (Wildman–Crippen MR) is 118 cm³/mol. The van der Waals surface area contributed by atoms with Crippen molar-refractivity contribution in [3.63, 3.8) is 0 Å². The molecule has 0 unspecified atom stereocenters. The molecule has 3 heterocycles. The minimum Gasteiger partial charge on any atom is -0.318 e. The molecular weight excluding hydrogens is 390 g/mol. The molecule has 1 amide bonds. The normalized spacial score (nSPS) is 11.0. The molecule has 0 bridgehead atoms. The molecule has 8 nitrogen and oxygen atoms in total. The van der Waals surface area contributed by atoms with E-state index in [1.54, 1.807) is 15.6 Å². The molecule has 0 aliphatic carbocycles. The van der Waals surface area contributed by atoms with Gasteiger partial charge >= 0.3 is 0 Å². The molecule has 152 valence electrons. The van der Waals surface area contributed by atoms with E-state index in [2.05, 4.69) is 25.5 Å². The SMILES string of the molecule is Cc1nn(C)c2ncc(NC(=O)c3nc(-c4ccccc4)n(-c4ccccc4)n3)cc12. The number of carbonyl (C=O) groups is 1. The Balaban J connectivity index is 1.52. The van der Waals surface area contributed by atoms with Gasteiger partial charge in [0.15, 0.2) is 11.5 Å². The van der Waals surface area contributed by atoms with Gasteiger partial charge in [-0.1, -0.05) is 48.5 Å². The van der Waals surface area contributed by atoms with Crippen LogP contribution >= 0.6 is 0 Å². The van der Waals surface area contributed by atoms with Crippen molar-refractivity contribution in [1.82, 2.24) is 29.5 Å². The lowest BCUT2D eigenvalue weighted by atomic mass is 10.2. The summed E-state index contributed by atoms with van der Waals surface area (Å²) in [6, 6.07) is 21.1. The quantitative estimate of drug-likeness (QED) is 0.488. The fourth-order valence-electron chi connectivity index (χ4n) is 3.49. The Morgan fingerprint density at radius 1 is 0.968 bits per heavy atom. The summed E-state index contributed by atoms with van der Waals surface area (Å²) >= 11 is 0. The third-order valence-electron chi connectivity index (χ3n) is 4.96. The van der Waals surface area contributed by atoms with Gasteiger partial charge in [-0.2, -0.15) is 5.10 Å². The Hall–Kier alpha value is -4.33. The van der Waals surface area contributed by atoms with Gasteiger partial charge in [0, 0.05) is 18.0 Å². The number of carbonyl (C=O) groups excluding carboxylic acids is 1. The van der Waals surface area contributed by atoms with E-state index in [0.29, 0.717) is 11.5 Å². The second kappa shape index (κ2) is 7.49. The molecule has 1 N–H and O–H groups in total. The van der Waals surface area contributed by atoms with Crippen LogP contribution in [-0.4, -0.2) is 35.4 Å². The molecule has 5 rings (SSSR count). The van der Waals surface area contributed by atoms with Crippen molar-refractivity contribution < 1.29 is 4.79 Å². The number of fused-ring (bicyclic) bond motifs is 1. The highest BCUT2D eigenvalue weighted by atomic mass is 16.2. The number of nitrogens with zero attached hydrogens (tertiary/aromatic N) is 6. The minimum absolute atomic E-state index is 0.0747. The first kappa shape index (κ1) is 18.7. The number of pyridine rings is 1. The smallest absolute Gasteiger partial charge is 0.295 e. The van der Waals surface area contributed by atoms with Crippen molar-refractivity contribution in [1.29, 1.82) is 0 Å². The number of hydrogen-bond donors (Lipinski definition) is 1. The zero-order valence-electron chi connectivity index (χ0n) is 17.0. The van der Waals surface area contributed by atoms with E-state index >= 15 is 0 Å². The van der Waals surface area contributed by atoms with Crippen LogP contribution in [-0.2, 0) is 7.05 Å². The number of para-hydroxylation sites is 1. The Labute approximate surface area is 178 Å². The molecule has 0 radical (unpaired) electrons. The van der Waals surface area contributed by atoms with E-state index in [1.807, 2.05) is 80.7 Å². The predicted octanol–water partition coefficient (Wildman–Crippen LogP) is 3.78. The fraction of sp³-hybridized carbons (Fsp3) is 0.0870. The second-order valence-electron chi connectivity index (χ2n) is 7.13. The number of nitrogens with one attached hydrogen (secondary N) is 1. The summed E-state index contributed by atoms with van der Waals surface area (Å²) in [6.07, 6.45) is 1.60. The van der Waals surface area contributed by atoms with Crippen LogP contribution in [0, 0.1) is 6.92 Å². The average Bonchev–Trinajstić information content (AvgIpc) is 3.37. The number of amides is 1. The fourth-order valence-corrected chi connectivity index (χ4v) is 3.49. The van der Waals surface area contributed by atoms with Crippen LogP contribution in [0.2, 0.25) is 0 Å². The topological polar surface area (TPSA) is 90.5 Å². The van der Waals surface area contributed by atoms with Crippen LogP contribution in [0.3, 0.4) is 0 Å². The summed E-state index contributed by atoms with van der Waals surface area (Å²) < 4.78 is 3.39. The Bertz CT molecular complexity index is 1330. The molecule has 5 aromatic rings. The van der Waals surface area contributed by atoms with Crippen molar-refractivity contribution in [2.75, 3.05) is 5.32 Å². The number of aryl methyl sites for hydroxylation is 2. The van der Waals surface area contributed by atoms with Crippen LogP contribution < -0.4 is 5.32 Å². The van der Waals surface area contributed by atoms with Crippen molar-refractivity contribution in [2.24, 2.45) is 7.05 Å². The summed E-state index contributed by atoms with van der Waals surface area (Å²) in [6.45, 7) is 1.91. The van der Waals surface area contributed by atoms with Crippen molar-refractivity contribution in [3.05, 3.63) is 84.4 Å². The first-order chi connectivity index (χ1) is 15.1. The highest BCUT2D eigenvalue weighted by Crippen LogP contribution is 2.22. The maximum absolute atomic E-state index is 13.0. The number of rotatable bonds is 4. The zero-order chi connectivity index (χ0) is 21.4. The molecule has 0 aliphatic rings. The highest BCUT2D eigenvalue weighted by molar-refractivity contribution is 6.02. The van der Waals surface area contributed by atoms with Gasteiger partial charge in [0.2, 0.25) is 5.82 Å². The number of benzene rings is 2. The Morgan fingerprint density at radius 3 is 2.42 bits per heavy atom. The van der Waals surface area contributed by atoms with E-state index in [0.717, 1.165) is 28.0 Å². The summed E-state index contributed by atoms with van der Waals surface area (Å²) in [7, 11) is 1.84. The van der Waals surface area contributed by atoms with Crippen LogP contribution in [0.4, 0.5) is 5.69 Å². The third-order valence-corrected chi connectivity index (χ3v) is 4.96. The van der Waals surface area contributed by atoms with Crippen molar-refractivity contribution in [2.45, 2.75) is 6.92 Å². The molecule has 31 heavy (non-hydrogen) atoms. The van der Waals surface area contributed by atoms with E-state index in [9.17, 15) is 4.79 Å². The van der Waals surface area contributed by atoms with Crippen molar-refractivity contribution >= 4 is 22.6 Å². The van der Waals surface area contributed by atoms with E-state index < -0.39 is 5.91 Å². The van der Waals surface area contributed by atoms with Gasteiger partial charge in [0.1, 0.15) is 0 Å². The van der Waals surface area contributed by atoms with Gasteiger partial charge < -0.3 is 5.32 Å². The van der Waals surface area contributed by atoms with E-state index in [1.165, 1.54) is 0 Å². The van der Waals surface area contributed by atoms with Gasteiger partial charge in [-0.25, -0.2) is 14.6 Å². The summed E-state index contributed by atoms with van der Waals surface area (Å²) in [5.74, 6) is 0.258. The van der Waals surface area contributed by atoms with Crippen LogP contribution in [0.15, 0.2) is 72.9 Å². The molecule has 0 aliphatic heterocycles. The lowest BCUT2D eigenvalue weighted by Crippen LogP contribution is -2.14.